The molecule has 0 saturated heterocycles. The van der Waals surface area contributed by atoms with Gasteiger partial charge in [-0.25, -0.2) is 4.98 Å². The third kappa shape index (κ3) is 2.63. The number of nitrogens with zero attached hydrogens (tertiary/aromatic N) is 1. The lowest BCUT2D eigenvalue weighted by atomic mass is 10.1. The third-order valence-corrected chi connectivity index (χ3v) is 3.68. The van der Waals surface area contributed by atoms with Gasteiger partial charge in [0.2, 0.25) is 0 Å². The maximum atomic E-state index is 9.90. The van der Waals surface area contributed by atoms with Crippen LogP contribution in [0.3, 0.4) is 0 Å². The molecule has 0 aliphatic carbocycles. The van der Waals surface area contributed by atoms with Gasteiger partial charge in [0, 0.05) is 16.3 Å². The van der Waals surface area contributed by atoms with Crippen molar-refractivity contribution in [3.8, 4) is 0 Å². The van der Waals surface area contributed by atoms with Gasteiger partial charge in [-0.05, 0) is 17.9 Å². The minimum atomic E-state index is -0.668. The van der Waals surface area contributed by atoms with Crippen molar-refractivity contribution in [1.82, 2.24) is 4.98 Å². The molecule has 15 heavy (non-hydrogen) atoms. The molecule has 2 unspecified atom stereocenters. The molecule has 0 radical (unpaired) electrons. The second-order valence-corrected chi connectivity index (χ2v) is 5.06. The number of aliphatic hydroxyl groups excluding tert-OH is 1. The van der Waals surface area contributed by atoms with Crippen molar-refractivity contribution in [3.63, 3.8) is 0 Å². The summed E-state index contributed by atoms with van der Waals surface area (Å²) in [7, 11) is 0. The summed E-state index contributed by atoms with van der Waals surface area (Å²) in [5.41, 5.74) is 8.30. The molecule has 0 fully saturated rings. The molecule has 0 aliphatic heterocycles. The fourth-order valence-electron chi connectivity index (χ4n) is 1.36. The minimum Gasteiger partial charge on any atom is -0.385 e. The summed E-state index contributed by atoms with van der Waals surface area (Å²) < 4.78 is 0. The first-order valence-corrected chi connectivity index (χ1v) is 6.43. The Balaban J connectivity index is 1.99. The van der Waals surface area contributed by atoms with Crippen LogP contribution in [0.4, 0.5) is 0 Å². The average molecular weight is 240 g/mol. The second-order valence-electron chi connectivity index (χ2n) is 3.31. The van der Waals surface area contributed by atoms with Crippen molar-refractivity contribution < 1.29 is 5.11 Å². The molecule has 80 valence electrons. The van der Waals surface area contributed by atoms with Gasteiger partial charge < -0.3 is 10.8 Å². The van der Waals surface area contributed by atoms with E-state index in [1.807, 2.05) is 22.9 Å². The van der Waals surface area contributed by atoms with Gasteiger partial charge in [0.05, 0.1) is 11.2 Å². The highest BCUT2D eigenvalue weighted by atomic mass is 32.1. The molecule has 2 aromatic rings. The predicted molar refractivity (Wildman–Crippen MR) is 63.1 cm³/mol. The molecule has 3 N–H and O–H groups in total. The number of hydrogen-bond donors (Lipinski definition) is 2. The van der Waals surface area contributed by atoms with Crippen molar-refractivity contribution in [2.45, 2.75) is 18.6 Å². The smallest absolute Gasteiger partial charge is 0.112 e. The SMILES string of the molecule is NC(Cc1cccs1)C(O)c1cscn1. The van der Waals surface area contributed by atoms with E-state index < -0.39 is 6.10 Å². The van der Waals surface area contributed by atoms with E-state index in [1.54, 1.807) is 16.8 Å². The highest BCUT2D eigenvalue weighted by Gasteiger charge is 2.19. The molecule has 0 aromatic carbocycles. The number of aliphatic hydroxyl groups is 1. The van der Waals surface area contributed by atoms with Crippen LogP contribution < -0.4 is 5.73 Å². The summed E-state index contributed by atoms with van der Waals surface area (Å²) in [5.74, 6) is 0. The number of aromatic nitrogens is 1. The monoisotopic (exact) mass is 240 g/mol. The number of nitrogens with two attached hydrogens (primary N) is 1. The molecule has 0 saturated carbocycles. The van der Waals surface area contributed by atoms with E-state index >= 15 is 0 Å². The molecule has 3 nitrogen and oxygen atoms in total. The maximum Gasteiger partial charge on any atom is 0.112 e. The molecule has 0 bridgehead atoms. The lowest BCUT2D eigenvalue weighted by molar-refractivity contribution is 0.142. The van der Waals surface area contributed by atoms with E-state index in [-0.39, 0.29) is 6.04 Å². The van der Waals surface area contributed by atoms with Crippen molar-refractivity contribution in [2.24, 2.45) is 5.73 Å². The zero-order valence-electron chi connectivity index (χ0n) is 8.04. The molecule has 2 atom stereocenters. The van der Waals surface area contributed by atoms with E-state index in [0.29, 0.717) is 12.1 Å². The third-order valence-electron chi connectivity index (χ3n) is 2.18. The van der Waals surface area contributed by atoms with Crippen molar-refractivity contribution >= 4 is 22.7 Å². The Morgan fingerprint density at radius 1 is 1.53 bits per heavy atom. The van der Waals surface area contributed by atoms with Crippen LogP contribution in [0.15, 0.2) is 28.4 Å². The van der Waals surface area contributed by atoms with Crippen LogP contribution >= 0.6 is 22.7 Å². The summed E-state index contributed by atoms with van der Waals surface area (Å²) in [6.07, 6.45) is 0.0226. The summed E-state index contributed by atoms with van der Waals surface area (Å²) >= 11 is 3.13. The van der Waals surface area contributed by atoms with Crippen molar-refractivity contribution in [2.75, 3.05) is 0 Å². The van der Waals surface area contributed by atoms with E-state index in [9.17, 15) is 5.11 Å². The number of rotatable bonds is 4. The van der Waals surface area contributed by atoms with Gasteiger partial charge in [-0.15, -0.1) is 22.7 Å². The lowest BCUT2D eigenvalue weighted by Gasteiger charge is -2.15. The van der Waals surface area contributed by atoms with E-state index in [2.05, 4.69) is 4.98 Å². The summed E-state index contributed by atoms with van der Waals surface area (Å²) in [6, 6.07) is 3.73. The van der Waals surface area contributed by atoms with Crippen LogP contribution in [0.5, 0.6) is 0 Å². The largest absolute Gasteiger partial charge is 0.385 e. The van der Waals surface area contributed by atoms with E-state index in [0.717, 1.165) is 0 Å². The molecule has 2 aromatic heterocycles. The van der Waals surface area contributed by atoms with Gasteiger partial charge in [0.1, 0.15) is 6.10 Å². The molecule has 2 rings (SSSR count). The van der Waals surface area contributed by atoms with Gasteiger partial charge in [0.25, 0.3) is 0 Å². The van der Waals surface area contributed by atoms with Crippen LogP contribution in [0.1, 0.15) is 16.7 Å². The molecule has 2 heterocycles. The highest BCUT2D eigenvalue weighted by Crippen LogP contribution is 2.20. The molecule has 0 spiro atoms. The van der Waals surface area contributed by atoms with Crippen molar-refractivity contribution in [1.29, 1.82) is 0 Å². The summed E-state index contributed by atoms with van der Waals surface area (Å²) in [5, 5.41) is 13.7. The zero-order valence-corrected chi connectivity index (χ0v) is 9.67. The predicted octanol–water partition coefficient (Wildman–Crippen LogP) is 1.81. The normalized spacial score (nSPS) is 15.1. The average Bonchev–Trinajstić information content (AvgIpc) is 2.88. The first-order valence-electron chi connectivity index (χ1n) is 4.61. The molecular formula is C10H12N2OS2. The summed E-state index contributed by atoms with van der Waals surface area (Å²) in [4.78, 5) is 5.25. The first-order chi connectivity index (χ1) is 7.27. The fraction of sp³-hybridized carbons (Fsp3) is 0.300. The highest BCUT2D eigenvalue weighted by molar-refractivity contribution is 7.09. The van der Waals surface area contributed by atoms with Gasteiger partial charge in [0.15, 0.2) is 0 Å². The number of hydrogen-bond acceptors (Lipinski definition) is 5. The number of thiazole rings is 1. The summed E-state index contributed by atoms with van der Waals surface area (Å²) in [6.45, 7) is 0. The molecular weight excluding hydrogens is 228 g/mol. The van der Waals surface area contributed by atoms with Gasteiger partial charge in [-0.3, -0.25) is 0 Å². The Kier molecular flexibility index (Phi) is 3.48. The van der Waals surface area contributed by atoms with Gasteiger partial charge in [-0.1, -0.05) is 6.07 Å². The van der Waals surface area contributed by atoms with E-state index in [4.69, 9.17) is 5.73 Å². The Hall–Kier alpha value is -0.750. The fourth-order valence-corrected chi connectivity index (χ4v) is 2.72. The minimum absolute atomic E-state index is 0.286. The Morgan fingerprint density at radius 2 is 2.40 bits per heavy atom. The Morgan fingerprint density at radius 3 is 3.00 bits per heavy atom. The lowest BCUT2D eigenvalue weighted by Crippen LogP contribution is -2.30. The van der Waals surface area contributed by atoms with Crippen LogP contribution in [-0.2, 0) is 6.42 Å². The quantitative estimate of drug-likeness (QED) is 0.857. The Bertz CT molecular complexity index is 385. The maximum absolute atomic E-state index is 9.90. The topological polar surface area (TPSA) is 59.1 Å². The van der Waals surface area contributed by atoms with Gasteiger partial charge >= 0.3 is 0 Å². The second kappa shape index (κ2) is 4.85. The van der Waals surface area contributed by atoms with Crippen LogP contribution in [0, 0.1) is 0 Å². The van der Waals surface area contributed by atoms with E-state index in [1.165, 1.54) is 16.2 Å². The number of thiophene rings is 1. The van der Waals surface area contributed by atoms with Gasteiger partial charge in [-0.2, -0.15) is 0 Å². The Labute approximate surface area is 96.2 Å². The van der Waals surface area contributed by atoms with Crippen LogP contribution in [-0.4, -0.2) is 16.1 Å². The van der Waals surface area contributed by atoms with Crippen LogP contribution in [0.25, 0.3) is 0 Å². The first kappa shape index (κ1) is 10.8. The molecule has 0 amide bonds. The van der Waals surface area contributed by atoms with Crippen molar-refractivity contribution in [3.05, 3.63) is 39.0 Å². The standard InChI is InChI=1S/C10H12N2OS2/c11-8(4-7-2-1-3-15-7)10(13)9-5-14-6-12-9/h1-3,5-6,8,10,13H,4,11H2. The zero-order chi connectivity index (χ0) is 10.7. The van der Waals surface area contributed by atoms with Crippen LogP contribution in [0.2, 0.25) is 0 Å². The molecule has 5 heteroatoms. The molecule has 0 aliphatic rings.